The maximum atomic E-state index is 12.1. The van der Waals surface area contributed by atoms with Gasteiger partial charge in [-0.2, -0.15) is 0 Å². The number of rotatable bonds is 5. The van der Waals surface area contributed by atoms with Gasteiger partial charge in [0.15, 0.2) is 0 Å². The largest absolute Gasteiger partial charge is 0.383 e. The zero-order valence-electron chi connectivity index (χ0n) is 10.3. The highest BCUT2D eigenvalue weighted by atomic mass is 79.9. The summed E-state index contributed by atoms with van der Waals surface area (Å²) in [4.78, 5) is 3.81. The number of aromatic nitrogens is 1. The highest BCUT2D eigenvalue weighted by molar-refractivity contribution is 9.10. The fraction of sp³-hybridized carbons (Fsp3) is 0.545. The van der Waals surface area contributed by atoms with Gasteiger partial charge in [0.1, 0.15) is 10.7 Å². The topological polar surface area (TPSA) is 94.3 Å². The lowest BCUT2D eigenvalue weighted by Crippen LogP contribution is -2.28. The van der Waals surface area contributed by atoms with E-state index < -0.39 is 10.0 Å². The molecule has 2 rings (SSSR count). The molecule has 0 aromatic carbocycles. The molecule has 0 radical (unpaired) electrons. The third-order valence-electron chi connectivity index (χ3n) is 2.92. The summed E-state index contributed by atoms with van der Waals surface area (Å²) in [5, 5.41) is 0. The van der Waals surface area contributed by atoms with E-state index in [-0.39, 0.29) is 16.8 Å². The van der Waals surface area contributed by atoms with E-state index in [2.05, 4.69) is 25.6 Å². The summed E-state index contributed by atoms with van der Waals surface area (Å²) in [6.45, 7) is 1.10. The Bertz CT molecular complexity index is 544. The number of pyridine rings is 1. The average molecular weight is 350 g/mol. The Morgan fingerprint density at radius 3 is 3.05 bits per heavy atom. The molecule has 1 unspecified atom stereocenters. The lowest BCUT2D eigenvalue weighted by atomic mass is 10.2. The molecule has 1 fully saturated rings. The molecule has 0 aliphatic carbocycles. The molecule has 3 N–H and O–H groups in total. The summed E-state index contributed by atoms with van der Waals surface area (Å²) in [6.07, 6.45) is 4.31. The molecule has 1 aromatic rings. The van der Waals surface area contributed by atoms with Crippen molar-refractivity contribution in [3.05, 3.63) is 16.7 Å². The van der Waals surface area contributed by atoms with E-state index in [0.29, 0.717) is 17.4 Å². The number of nitrogen functional groups attached to an aromatic ring is 1. The van der Waals surface area contributed by atoms with Crippen LogP contribution >= 0.6 is 15.9 Å². The minimum atomic E-state index is -3.63. The van der Waals surface area contributed by atoms with E-state index in [1.807, 2.05) is 0 Å². The van der Waals surface area contributed by atoms with Gasteiger partial charge in [-0.3, -0.25) is 0 Å². The molecule has 0 saturated carbocycles. The van der Waals surface area contributed by atoms with Crippen LogP contribution < -0.4 is 10.5 Å². The summed E-state index contributed by atoms with van der Waals surface area (Å²) < 4.78 is 32.7. The number of sulfonamides is 1. The van der Waals surface area contributed by atoms with Crippen molar-refractivity contribution >= 4 is 31.8 Å². The molecule has 106 valence electrons. The summed E-state index contributed by atoms with van der Waals surface area (Å²) >= 11 is 3.18. The molecule has 19 heavy (non-hydrogen) atoms. The Morgan fingerprint density at radius 1 is 1.58 bits per heavy atom. The monoisotopic (exact) mass is 349 g/mol. The Kier molecular flexibility index (Phi) is 4.77. The predicted octanol–water partition coefficient (Wildman–Crippen LogP) is 1.27. The van der Waals surface area contributed by atoms with Crippen LogP contribution in [-0.4, -0.2) is 32.7 Å². The van der Waals surface area contributed by atoms with Crippen molar-refractivity contribution in [3.63, 3.8) is 0 Å². The first-order valence-corrected chi connectivity index (χ1v) is 8.29. The van der Waals surface area contributed by atoms with E-state index in [1.165, 1.54) is 12.3 Å². The zero-order chi connectivity index (χ0) is 13.9. The third kappa shape index (κ3) is 3.88. The van der Waals surface area contributed by atoms with Gasteiger partial charge in [0.2, 0.25) is 10.0 Å². The summed E-state index contributed by atoms with van der Waals surface area (Å²) in [5.41, 5.74) is 5.59. The fourth-order valence-electron chi connectivity index (χ4n) is 1.95. The van der Waals surface area contributed by atoms with Crippen LogP contribution in [0.3, 0.4) is 0 Å². The second-order valence-electron chi connectivity index (χ2n) is 4.36. The summed E-state index contributed by atoms with van der Waals surface area (Å²) in [7, 11) is -3.63. The van der Waals surface area contributed by atoms with Gasteiger partial charge in [-0.25, -0.2) is 18.1 Å². The molecule has 1 aliphatic heterocycles. The maximum Gasteiger partial charge on any atom is 0.244 e. The molecular weight excluding hydrogens is 334 g/mol. The molecule has 0 bridgehead atoms. The Labute approximate surface area is 120 Å². The first-order valence-electron chi connectivity index (χ1n) is 6.01. The molecule has 1 saturated heterocycles. The Morgan fingerprint density at radius 2 is 2.37 bits per heavy atom. The van der Waals surface area contributed by atoms with Crippen molar-refractivity contribution in [2.45, 2.75) is 30.3 Å². The molecule has 8 heteroatoms. The number of nitrogens with zero attached hydrogens (tertiary/aromatic N) is 1. The average Bonchev–Trinajstić information content (AvgIpc) is 2.85. The van der Waals surface area contributed by atoms with Gasteiger partial charge in [0.05, 0.1) is 6.10 Å². The first kappa shape index (κ1) is 14.7. The van der Waals surface area contributed by atoms with E-state index in [9.17, 15) is 8.42 Å². The zero-order valence-corrected chi connectivity index (χ0v) is 12.7. The lowest BCUT2D eigenvalue weighted by Gasteiger charge is -2.11. The van der Waals surface area contributed by atoms with Crippen LogP contribution in [0.15, 0.2) is 21.6 Å². The molecular formula is C11H16BrN3O3S. The highest BCUT2D eigenvalue weighted by Gasteiger charge is 2.20. The second-order valence-corrected chi connectivity index (χ2v) is 7.01. The van der Waals surface area contributed by atoms with Crippen molar-refractivity contribution in [1.29, 1.82) is 0 Å². The van der Waals surface area contributed by atoms with Gasteiger partial charge in [-0.15, -0.1) is 0 Å². The standard InChI is InChI=1S/C11H16BrN3O3S/c12-8-6-10(11(13)14-7-8)19(16,17)15-4-3-9-2-1-5-18-9/h6-7,9,15H,1-5H2,(H2,13,14). The number of halogens is 1. The van der Waals surface area contributed by atoms with Gasteiger partial charge >= 0.3 is 0 Å². The first-order chi connectivity index (χ1) is 8.99. The fourth-order valence-corrected chi connectivity index (χ4v) is 3.59. The van der Waals surface area contributed by atoms with Crippen molar-refractivity contribution in [3.8, 4) is 0 Å². The highest BCUT2D eigenvalue weighted by Crippen LogP contribution is 2.20. The van der Waals surface area contributed by atoms with Crippen molar-refractivity contribution in [2.24, 2.45) is 0 Å². The van der Waals surface area contributed by atoms with E-state index >= 15 is 0 Å². The van der Waals surface area contributed by atoms with Crippen LogP contribution in [0, 0.1) is 0 Å². The van der Waals surface area contributed by atoms with Crippen LogP contribution in [0.2, 0.25) is 0 Å². The summed E-state index contributed by atoms with van der Waals surface area (Å²) in [6, 6.07) is 1.44. The molecule has 1 atom stereocenters. The number of nitrogens with two attached hydrogens (primary N) is 1. The lowest BCUT2D eigenvalue weighted by molar-refractivity contribution is 0.105. The van der Waals surface area contributed by atoms with Crippen LogP contribution in [0.25, 0.3) is 0 Å². The van der Waals surface area contributed by atoms with Gasteiger partial charge < -0.3 is 10.5 Å². The van der Waals surface area contributed by atoms with Crippen LogP contribution in [0.1, 0.15) is 19.3 Å². The van der Waals surface area contributed by atoms with Crippen molar-refractivity contribution in [1.82, 2.24) is 9.71 Å². The number of ether oxygens (including phenoxy) is 1. The number of hydrogen-bond donors (Lipinski definition) is 2. The molecule has 6 nitrogen and oxygen atoms in total. The molecule has 0 spiro atoms. The predicted molar refractivity (Wildman–Crippen MR) is 75.1 cm³/mol. The van der Waals surface area contributed by atoms with Gasteiger partial charge in [-0.05, 0) is 41.3 Å². The van der Waals surface area contributed by atoms with E-state index in [0.717, 1.165) is 19.4 Å². The maximum absolute atomic E-state index is 12.1. The van der Waals surface area contributed by atoms with E-state index in [4.69, 9.17) is 10.5 Å². The van der Waals surface area contributed by atoms with E-state index in [1.54, 1.807) is 0 Å². The minimum Gasteiger partial charge on any atom is -0.383 e. The van der Waals surface area contributed by atoms with Crippen LogP contribution in [0.5, 0.6) is 0 Å². The number of nitrogens with one attached hydrogen (secondary N) is 1. The van der Waals surface area contributed by atoms with Gasteiger partial charge in [0.25, 0.3) is 0 Å². The van der Waals surface area contributed by atoms with Gasteiger partial charge in [-0.1, -0.05) is 0 Å². The third-order valence-corrected chi connectivity index (χ3v) is 4.84. The van der Waals surface area contributed by atoms with Crippen LogP contribution in [0.4, 0.5) is 5.82 Å². The Hall–Kier alpha value is -0.700. The molecule has 2 heterocycles. The number of anilines is 1. The number of hydrogen-bond acceptors (Lipinski definition) is 5. The quantitative estimate of drug-likeness (QED) is 0.834. The van der Waals surface area contributed by atoms with Crippen molar-refractivity contribution < 1.29 is 13.2 Å². The molecule has 1 aromatic heterocycles. The van der Waals surface area contributed by atoms with Gasteiger partial charge in [0, 0.05) is 23.8 Å². The minimum absolute atomic E-state index is 0.00536. The van der Waals surface area contributed by atoms with Crippen LogP contribution in [-0.2, 0) is 14.8 Å². The normalized spacial score (nSPS) is 19.7. The Balaban J connectivity index is 1.99. The SMILES string of the molecule is Nc1ncc(Br)cc1S(=O)(=O)NCCC1CCCO1. The molecule has 0 amide bonds. The second kappa shape index (κ2) is 6.17. The van der Waals surface area contributed by atoms with Crippen molar-refractivity contribution in [2.75, 3.05) is 18.9 Å². The molecule has 1 aliphatic rings. The smallest absolute Gasteiger partial charge is 0.244 e. The summed E-state index contributed by atoms with van der Waals surface area (Å²) in [5.74, 6) is -0.00665.